The van der Waals surface area contributed by atoms with E-state index in [-0.39, 0.29) is 12.5 Å². The Morgan fingerprint density at radius 1 is 1.17 bits per heavy atom. The molecule has 0 radical (unpaired) electrons. The number of halogens is 1. The number of hydrogen-bond donors (Lipinski definition) is 2. The maximum Gasteiger partial charge on any atom is 0.239 e. The molecule has 2 aromatic carbocycles. The smallest absolute Gasteiger partial charge is 0.239 e. The van der Waals surface area contributed by atoms with E-state index in [1.165, 1.54) is 5.56 Å². The van der Waals surface area contributed by atoms with Crippen LogP contribution in [-0.4, -0.2) is 26.1 Å². The molecule has 122 valence electrons. The van der Waals surface area contributed by atoms with E-state index in [2.05, 4.69) is 26.6 Å². The molecule has 2 rings (SSSR count). The summed E-state index contributed by atoms with van der Waals surface area (Å²) in [5, 5.41) is 6.04. The van der Waals surface area contributed by atoms with Crippen LogP contribution in [0.4, 0.5) is 5.69 Å². The Labute approximate surface area is 145 Å². The second-order valence-electron chi connectivity index (χ2n) is 5.27. The zero-order valence-corrected chi connectivity index (χ0v) is 14.9. The van der Waals surface area contributed by atoms with E-state index in [9.17, 15) is 4.79 Å². The number of amides is 1. The van der Waals surface area contributed by atoms with Crippen molar-refractivity contribution in [1.29, 1.82) is 0 Å². The number of benzene rings is 2. The first kappa shape index (κ1) is 17.3. The average molecular weight is 377 g/mol. The fourth-order valence-corrected chi connectivity index (χ4v) is 2.38. The van der Waals surface area contributed by atoms with Gasteiger partial charge in [-0.15, -0.1) is 0 Å². The van der Waals surface area contributed by atoms with Gasteiger partial charge in [0, 0.05) is 16.7 Å². The summed E-state index contributed by atoms with van der Waals surface area (Å²) in [5.74, 6) is 0.825. The number of ether oxygens (including phenoxy) is 1. The molecule has 2 aromatic rings. The molecule has 0 aliphatic carbocycles. The molecule has 0 spiro atoms. The standard InChI is InChI=1S/C18H21BrN2O2/c1-13-11-15(5-8-17(13)19)21-12-18(22)20-10-9-14-3-6-16(23-2)7-4-14/h3-8,11,21H,9-10,12H2,1-2H3,(H,20,22). The SMILES string of the molecule is COc1ccc(CCNC(=O)CNc2ccc(Br)c(C)c2)cc1. The molecule has 0 unspecified atom stereocenters. The fraction of sp³-hybridized carbons (Fsp3) is 0.278. The van der Waals surface area contributed by atoms with Crippen molar-refractivity contribution in [1.82, 2.24) is 5.32 Å². The van der Waals surface area contributed by atoms with E-state index in [0.717, 1.165) is 27.9 Å². The summed E-state index contributed by atoms with van der Waals surface area (Å²) in [6.07, 6.45) is 0.799. The Balaban J connectivity index is 1.71. The van der Waals surface area contributed by atoms with E-state index in [1.807, 2.05) is 49.4 Å². The van der Waals surface area contributed by atoms with E-state index in [1.54, 1.807) is 7.11 Å². The molecule has 2 N–H and O–H groups in total. The molecule has 0 heterocycles. The highest BCUT2D eigenvalue weighted by atomic mass is 79.9. The minimum absolute atomic E-state index is 0.0147. The van der Waals surface area contributed by atoms with Crippen LogP contribution >= 0.6 is 15.9 Å². The summed E-state index contributed by atoms with van der Waals surface area (Å²) >= 11 is 3.46. The molecule has 1 amide bonds. The lowest BCUT2D eigenvalue weighted by molar-refractivity contribution is -0.119. The third kappa shape index (κ3) is 5.60. The fourth-order valence-electron chi connectivity index (χ4n) is 2.14. The van der Waals surface area contributed by atoms with Crippen molar-refractivity contribution in [3.63, 3.8) is 0 Å². The first-order valence-corrected chi connectivity index (χ1v) is 8.27. The van der Waals surface area contributed by atoms with Gasteiger partial charge in [0.1, 0.15) is 5.75 Å². The lowest BCUT2D eigenvalue weighted by Gasteiger charge is -2.09. The highest BCUT2D eigenvalue weighted by Gasteiger charge is 2.02. The number of carbonyl (C=O) groups excluding carboxylic acids is 1. The Bertz CT molecular complexity index is 657. The molecule has 0 fully saturated rings. The molecule has 0 aliphatic rings. The van der Waals surface area contributed by atoms with Crippen LogP contribution in [0.2, 0.25) is 0 Å². The van der Waals surface area contributed by atoms with Crippen molar-refractivity contribution in [2.75, 3.05) is 25.5 Å². The largest absolute Gasteiger partial charge is 0.497 e. The van der Waals surface area contributed by atoms with Gasteiger partial charge in [-0.1, -0.05) is 28.1 Å². The molecular weight excluding hydrogens is 356 g/mol. The Hall–Kier alpha value is -2.01. The number of anilines is 1. The number of carbonyl (C=O) groups is 1. The summed E-state index contributed by atoms with van der Waals surface area (Å²) in [5.41, 5.74) is 3.24. The van der Waals surface area contributed by atoms with Crippen LogP contribution in [0.25, 0.3) is 0 Å². The van der Waals surface area contributed by atoms with Crippen LogP contribution in [0.15, 0.2) is 46.9 Å². The number of nitrogens with one attached hydrogen (secondary N) is 2. The van der Waals surface area contributed by atoms with Gasteiger partial charge in [-0.2, -0.15) is 0 Å². The van der Waals surface area contributed by atoms with Gasteiger partial charge in [-0.3, -0.25) is 4.79 Å². The minimum atomic E-state index is -0.0147. The highest BCUT2D eigenvalue weighted by molar-refractivity contribution is 9.10. The minimum Gasteiger partial charge on any atom is -0.497 e. The summed E-state index contributed by atoms with van der Waals surface area (Å²) in [7, 11) is 1.65. The quantitative estimate of drug-likeness (QED) is 0.776. The normalized spacial score (nSPS) is 10.2. The third-order valence-corrected chi connectivity index (χ3v) is 4.40. The van der Waals surface area contributed by atoms with Crippen molar-refractivity contribution in [3.05, 3.63) is 58.1 Å². The van der Waals surface area contributed by atoms with Crippen LogP contribution in [0.3, 0.4) is 0 Å². The lowest BCUT2D eigenvalue weighted by atomic mass is 10.1. The predicted octanol–water partition coefficient (Wildman–Crippen LogP) is 3.54. The summed E-state index contributed by atoms with van der Waals surface area (Å²) in [6, 6.07) is 13.8. The Morgan fingerprint density at radius 2 is 1.91 bits per heavy atom. The van der Waals surface area contributed by atoms with Gasteiger partial charge in [-0.25, -0.2) is 0 Å². The van der Waals surface area contributed by atoms with Gasteiger partial charge < -0.3 is 15.4 Å². The van der Waals surface area contributed by atoms with Gasteiger partial charge in [0.25, 0.3) is 0 Å². The lowest BCUT2D eigenvalue weighted by Crippen LogP contribution is -2.31. The molecular formula is C18H21BrN2O2. The van der Waals surface area contributed by atoms with Crippen molar-refractivity contribution in [2.45, 2.75) is 13.3 Å². The van der Waals surface area contributed by atoms with Gasteiger partial charge in [0.05, 0.1) is 13.7 Å². The third-order valence-electron chi connectivity index (χ3n) is 3.51. The molecule has 0 saturated heterocycles. The van der Waals surface area contributed by atoms with Crippen LogP contribution in [-0.2, 0) is 11.2 Å². The maximum absolute atomic E-state index is 11.9. The number of rotatable bonds is 7. The molecule has 23 heavy (non-hydrogen) atoms. The van der Waals surface area contributed by atoms with Crippen molar-refractivity contribution in [2.24, 2.45) is 0 Å². The second-order valence-corrected chi connectivity index (χ2v) is 6.12. The van der Waals surface area contributed by atoms with E-state index in [0.29, 0.717) is 6.54 Å². The van der Waals surface area contributed by atoms with Gasteiger partial charge >= 0.3 is 0 Å². The van der Waals surface area contributed by atoms with E-state index in [4.69, 9.17) is 4.74 Å². The maximum atomic E-state index is 11.9. The van der Waals surface area contributed by atoms with Crippen LogP contribution in [0.1, 0.15) is 11.1 Å². The summed E-state index contributed by atoms with van der Waals surface area (Å²) < 4.78 is 6.18. The first-order valence-electron chi connectivity index (χ1n) is 7.48. The molecule has 4 nitrogen and oxygen atoms in total. The molecule has 0 saturated carbocycles. The predicted molar refractivity (Wildman–Crippen MR) is 97.1 cm³/mol. The highest BCUT2D eigenvalue weighted by Crippen LogP contribution is 2.19. The zero-order chi connectivity index (χ0) is 16.7. The molecule has 5 heteroatoms. The number of aryl methyl sites for hydroxylation is 1. The average Bonchev–Trinajstić information content (AvgIpc) is 2.56. The monoisotopic (exact) mass is 376 g/mol. The number of methoxy groups -OCH3 is 1. The first-order chi connectivity index (χ1) is 11.1. The van der Waals surface area contributed by atoms with Gasteiger partial charge in [-0.05, 0) is 54.8 Å². The van der Waals surface area contributed by atoms with Gasteiger partial charge in [0.2, 0.25) is 5.91 Å². The Morgan fingerprint density at radius 3 is 2.57 bits per heavy atom. The van der Waals surface area contributed by atoms with Crippen molar-refractivity contribution < 1.29 is 9.53 Å². The topological polar surface area (TPSA) is 50.4 Å². The van der Waals surface area contributed by atoms with E-state index < -0.39 is 0 Å². The molecule has 0 atom stereocenters. The summed E-state index contributed by atoms with van der Waals surface area (Å²) in [6.45, 7) is 2.90. The number of hydrogen-bond acceptors (Lipinski definition) is 3. The van der Waals surface area contributed by atoms with Crippen molar-refractivity contribution in [3.8, 4) is 5.75 Å². The zero-order valence-electron chi connectivity index (χ0n) is 13.4. The molecule has 0 bridgehead atoms. The van der Waals surface area contributed by atoms with Gasteiger partial charge in [0.15, 0.2) is 0 Å². The second kappa shape index (κ2) is 8.58. The molecule has 0 aromatic heterocycles. The van der Waals surface area contributed by atoms with Crippen LogP contribution < -0.4 is 15.4 Å². The van der Waals surface area contributed by atoms with Crippen LogP contribution in [0.5, 0.6) is 5.75 Å². The summed E-state index contributed by atoms with van der Waals surface area (Å²) in [4.78, 5) is 11.9. The van der Waals surface area contributed by atoms with Crippen molar-refractivity contribution >= 4 is 27.5 Å². The Kier molecular flexibility index (Phi) is 6.47. The van der Waals surface area contributed by atoms with Crippen LogP contribution in [0, 0.1) is 6.92 Å². The van der Waals surface area contributed by atoms with E-state index >= 15 is 0 Å². The molecule has 0 aliphatic heterocycles.